The van der Waals surface area contributed by atoms with Crippen LogP contribution in [0.25, 0.3) is 0 Å². The molecule has 10 heteroatoms. The van der Waals surface area contributed by atoms with Crippen LogP contribution in [-0.2, 0) is 22.3 Å². The first-order chi connectivity index (χ1) is 12.7. The Morgan fingerprint density at radius 2 is 2.00 bits per heavy atom. The summed E-state index contributed by atoms with van der Waals surface area (Å²) >= 11 is 6.02. The monoisotopic (exact) mass is 404 g/mol. The quantitative estimate of drug-likeness (QED) is 0.685. The molecule has 1 amide bonds. The maximum atomic E-state index is 12.5. The molecular formula is C17H16ClF3N2O4. The highest BCUT2D eigenvalue weighted by Gasteiger charge is 2.32. The van der Waals surface area contributed by atoms with E-state index in [-0.39, 0.29) is 40.8 Å². The number of nitrogens with zero attached hydrogens (tertiary/aromatic N) is 1. The van der Waals surface area contributed by atoms with Gasteiger partial charge in [0.25, 0.3) is 5.91 Å². The molecule has 0 spiro atoms. The molecule has 0 saturated carbocycles. The number of aromatic hydroxyl groups is 1. The minimum Gasteiger partial charge on any atom is -0.507 e. The maximum absolute atomic E-state index is 12.5. The number of ether oxygens (including phenoxy) is 2. The highest BCUT2D eigenvalue weighted by molar-refractivity contribution is 6.31. The molecule has 0 saturated heterocycles. The first kappa shape index (κ1) is 20.9. The highest BCUT2D eigenvalue weighted by Crippen LogP contribution is 2.31. The molecule has 0 atom stereocenters. The Balaban J connectivity index is 2.14. The van der Waals surface area contributed by atoms with E-state index in [1.165, 1.54) is 19.2 Å². The SMILES string of the molecule is COCCOCc1c(Cl)ccc(C(=O)Nc2ccc(C(F)(F)F)nc2)c1O. The summed E-state index contributed by atoms with van der Waals surface area (Å²) < 4.78 is 47.7. The number of benzene rings is 1. The minimum atomic E-state index is -4.57. The van der Waals surface area contributed by atoms with Gasteiger partial charge in [-0.2, -0.15) is 13.2 Å². The Kier molecular flexibility index (Phi) is 7.00. The van der Waals surface area contributed by atoms with Crippen molar-refractivity contribution in [2.75, 3.05) is 25.6 Å². The van der Waals surface area contributed by atoms with Crippen LogP contribution < -0.4 is 5.32 Å². The fraction of sp³-hybridized carbons (Fsp3) is 0.294. The molecule has 1 aromatic heterocycles. The van der Waals surface area contributed by atoms with Gasteiger partial charge in [-0.3, -0.25) is 4.79 Å². The van der Waals surface area contributed by atoms with E-state index in [0.29, 0.717) is 6.61 Å². The second-order valence-corrected chi connectivity index (χ2v) is 5.76. The van der Waals surface area contributed by atoms with E-state index >= 15 is 0 Å². The highest BCUT2D eigenvalue weighted by atomic mass is 35.5. The van der Waals surface area contributed by atoms with Crippen LogP contribution in [0.3, 0.4) is 0 Å². The van der Waals surface area contributed by atoms with E-state index in [1.54, 1.807) is 0 Å². The van der Waals surface area contributed by atoms with E-state index in [0.717, 1.165) is 18.3 Å². The number of alkyl halides is 3. The first-order valence-electron chi connectivity index (χ1n) is 7.65. The lowest BCUT2D eigenvalue weighted by molar-refractivity contribution is -0.141. The first-order valence-corrected chi connectivity index (χ1v) is 8.03. The second-order valence-electron chi connectivity index (χ2n) is 5.35. The number of halogens is 4. The molecular weight excluding hydrogens is 389 g/mol. The van der Waals surface area contributed by atoms with E-state index in [9.17, 15) is 23.1 Å². The van der Waals surface area contributed by atoms with Crippen LogP contribution >= 0.6 is 11.6 Å². The van der Waals surface area contributed by atoms with Crippen LogP contribution in [0, 0.1) is 0 Å². The van der Waals surface area contributed by atoms with Crippen LogP contribution in [-0.4, -0.2) is 36.3 Å². The van der Waals surface area contributed by atoms with Crippen LogP contribution in [0.15, 0.2) is 30.5 Å². The summed E-state index contributed by atoms with van der Waals surface area (Å²) in [4.78, 5) is 15.6. The van der Waals surface area contributed by atoms with Gasteiger partial charge in [0, 0.05) is 17.7 Å². The van der Waals surface area contributed by atoms with Crippen molar-refractivity contribution in [1.82, 2.24) is 4.98 Å². The predicted molar refractivity (Wildman–Crippen MR) is 91.8 cm³/mol. The number of methoxy groups -OCH3 is 1. The standard InChI is InChI=1S/C17H16ClF3N2O4/c1-26-6-7-27-9-12-13(18)4-3-11(15(12)24)16(25)23-10-2-5-14(22-8-10)17(19,20)21/h2-5,8,24H,6-7,9H2,1H3,(H,23,25). The summed E-state index contributed by atoms with van der Waals surface area (Å²) in [6.07, 6.45) is -3.70. The molecule has 2 rings (SSSR count). The number of anilines is 1. The van der Waals surface area contributed by atoms with Gasteiger partial charge in [0.1, 0.15) is 11.4 Å². The van der Waals surface area contributed by atoms with Crippen molar-refractivity contribution in [2.24, 2.45) is 0 Å². The third-order valence-corrected chi connectivity index (χ3v) is 3.81. The number of nitrogens with one attached hydrogen (secondary N) is 1. The summed E-state index contributed by atoms with van der Waals surface area (Å²) in [5, 5.41) is 12.9. The molecule has 1 aromatic carbocycles. The van der Waals surface area contributed by atoms with Crippen LogP contribution in [0.5, 0.6) is 5.75 Å². The Hall–Kier alpha value is -2.36. The van der Waals surface area contributed by atoms with Crippen molar-refractivity contribution in [2.45, 2.75) is 12.8 Å². The average Bonchev–Trinajstić information content (AvgIpc) is 2.60. The topological polar surface area (TPSA) is 80.7 Å². The van der Waals surface area contributed by atoms with E-state index in [1.807, 2.05) is 0 Å². The van der Waals surface area contributed by atoms with Crippen LogP contribution in [0.4, 0.5) is 18.9 Å². The van der Waals surface area contributed by atoms with Gasteiger partial charge in [0.2, 0.25) is 0 Å². The number of rotatable bonds is 7. The Morgan fingerprint density at radius 1 is 1.26 bits per heavy atom. The molecule has 1 heterocycles. The molecule has 2 N–H and O–H groups in total. The number of pyridine rings is 1. The molecule has 0 bridgehead atoms. The number of phenols is 1. The molecule has 146 valence electrons. The number of hydrogen-bond donors (Lipinski definition) is 2. The summed E-state index contributed by atoms with van der Waals surface area (Å²) in [5.41, 5.74) is -0.929. The summed E-state index contributed by atoms with van der Waals surface area (Å²) in [5.74, 6) is -1.11. The molecule has 6 nitrogen and oxygen atoms in total. The van der Waals surface area contributed by atoms with Gasteiger partial charge in [-0.05, 0) is 24.3 Å². The lowest BCUT2D eigenvalue weighted by Crippen LogP contribution is -2.14. The molecule has 0 aliphatic rings. The second kappa shape index (κ2) is 9.03. The number of carbonyl (C=O) groups excluding carboxylic acids is 1. The molecule has 0 fully saturated rings. The smallest absolute Gasteiger partial charge is 0.433 e. The number of amides is 1. The van der Waals surface area contributed by atoms with Crippen molar-refractivity contribution >= 4 is 23.2 Å². The number of hydrogen-bond acceptors (Lipinski definition) is 5. The zero-order valence-corrected chi connectivity index (χ0v) is 14.9. The van der Waals surface area contributed by atoms with E-state index < -0.39 is 17.8 Å². The molecule has 27 heavy (non-hydrogen) atoms. The van der Waals surface area contributed by atoms with Gasteiger partial charge >= 0.3 is 6.18 Å². The third kappa shape index (κ3) is 5.56. The normalized spacial score (nSPS) is 11.4. The van der Waals surface area contributed by atoms with Crippen molar-refractivity contribution in [1.29, 1.82) is 0 Å². The fourth-order valence-corrected chi connectivity index (χ4v) is 2.29. The zero-order valence-electron chi connectivity index (χ0n) is 14.1. The zero-order chi connectivity index (χ0) is 20.0. The maximum Gasteiger partial charge on any atom is 0.433 e. The molecule has 0 aliphatic heterocycles. The summed E-state index contributed by atoms with van der Waals surface area (Å²) in [6.45, 7) is 0.566. The predicted octanol–water partition coefficient (Wildman–Crippen LogP) is 3.87. The Labute approximate surface area is 157 Å². The van der Waals surface area contributed by atoms with E-state index in [2.05, 4.69) is 10.3 Å². The van der Waals surface area contributed by atoms with Crippen molar-refractivity contribution in [3.63, 3.8) is 0 Å². The third-order valence-electron chi connectivity index (χ3n) is 3.46. The Morgan fingerprint density at radius 3 is 2.59 bits per heavy atom. The van der Waals surface area contributed by atoms with Gasteiger partial charge in [-0.15, -0.1) is 0 Å². The van der Waals surface area contributed by atoms with E-state index in [4.69, 9.17) is 21.1 Å². The molecule has 0 radical (unpaired) electrons. The minimum absolute atomic E-state index is 0.0419. The lowest BCUT2D eigenvalue weighted by atomic mass is 10.1. The number of aromatic nitrogens is 1. The average molecular weight is 405 g/mol. The van der Waals surface area contributed by atoms with Gasteiger partial charge < -0.3 is 19.9 Å². The van der Waals surface area contributed by atoms with Gasteiger partial charge in [0.15, 0.2) is 0 Å². The van der Waals surface area contributed by atoms with Gasteiger partial charge in [-0.1, -0.05) is 11.6 Å². The molecule has 2 aromatic rings. The fourth-order valence-electron chi connectivity index (χ4n) is 2.08. The Bertz CT molecular complexity index is 798. The van der Waals surface area contributed by atoms with Crippen LogP contribution in [0.2, 0.25) is 5.02 Å². The summed E-state index contributed by atoms with van der Waals surface area (Å²) in [7, 11) is 1.51. The van der Waals surface area contributed by atoms with Crippen LogP contribution in [0.1, 0.15) is 21.6 Å². The van der Waals surface area contributed by atoms with Crippen molar-refractivity contribution in [3.8, 4) is 5.75 Å². The lowest BCUT2D eigenvalue weighted by Gasteiger charge is -2.13. The van der Waals surface area contributed by atoms with Crippen molar-refractivity contribution in [3.05, 3.63) is 52.3 Å². The molecule has 0 unspecified atom stereocenters. The number of phenolic OH excluding ortho intramolecular Hbond substituents is 1. The number of carbonyl (C=O) groups is 1. The van der Waals surface area contributed by atoms with Gasteiger partial charge in [-0.25, -0.2) is 4.98 Å². The largest absolute Gasteiger partial charge is 0.507 e. The molecule has 0 aliphatic carbocycles. The van der Waals surface area contributed by atoms with Gasteiger partial charge in [0.05, 0.1) is 37.3 Å². The summed E-state index contributed by atoms with van der Waals surface area (Å²) in [6, 6.07) is 4.52. The van der Waals surface area contributed by atoms with Crippen molar-refractivity contribution < 1.29 is 32.5 Å².